The SMILES string of the molecule is NC(=O)Nc1c(C(=O)O)cccc1-c1ccccc1. The number of carbonyl (C=O) groups is 2. The normalized spacial score (nSPS) is 9.89. The largest absolute Gasteiger partial charge is 0.478 e. The highest BCUT2D eigenvalue weighted by molar-refractivity contribution is 6.04. The molecule has 5 nitrogen and oxygen atoms in total. The molecule has 0 aliphatic carbocycles. The van der Waals surface area contributed by atoms with E-state index >= 15 is 0 Å². The highest BCUT2D eigenvalue weighted by Gasteiger charge is 2.16. The van der Waals surface area contributed by atoms with Gasteiger partial charge in [0.25, 0.3) is 0 Å². The molecule has 2 aromatic rings. The van der Waals surface area contributed by atoms with Crippen LogP contribution in [0.1, 0.15) is 10.4 Å². The van der Waals surface area contributed by atoms with Crippen LogP contribution in [0.15, 0.2) is 48.5 Å². The summed E-state index contributed by atoms with van der Waals surface area (Å²) in [6.07, 6.45) is 0. The van der Waals surface area contributed by atoms with Crippen molar-refractivity contribution in [1.82, 2.24) is 0 Å². The Morgan fingerprint density at radius 1 is 1.00 bits per heavy atom. The van der Waals surface area contributed by atoms with Crippen molar-refractivity contribution in [1.29, 1.82) is 0 Å². The van der Waals surface area contributed by atoms with Gasteiger partial charge in [0.1, 0.15) is 0 Å². The molecule has 5 heteroatoms. The van der Waals surface area contributed by atoms with Crippen LogP contribution in [-0.2, 0) is 0 Å². The van der Waals surface area contributed by atoms with Gasteiger partial charge in [-0.25, -0.2) is 9.59 Å². The maximum absolute atomic E-state index is 11.2. The molecule has 2 amide bonds. The van der Waals surface area contributed by atoms with Crippen molar-refractivity contribution in [3.8, 4) is 11.1 Å². The maximum Gasteiger partial charge on any atom is 0.337 e. The van der Waals surface area contributed by atoms with Crippen LogP contribution in [0.25, 0.3) is 11.1 Å². The second-order valence-electron chi connectivity index (χ2n) is 3.89. The van der Waals surface area contributed by atoms with Crippen LogP contribution in [0.2, 0.25) is 0 Å². The summed E-state index contributed by atoms with van der Waals surface area (Å²) in [7, 11) is 0. The van der Waals surface area contributed by atoms with E-state index in [9.17, 15) is 9.59 Å². The van der Waals surface area contributed by atoms with Gasteiger partial charge in [-0.2, -0.15) is 0 Å². The van der Waals surface area contributed by atoms with Gasteiger partial charge < -0.3 is 16.2 Å². The molecule has 0 aliphatic rings. The van der Waals surface area contributed by atoms with E-state index in [2.05, 4.69) is 5.32 Å². The van der Waals surface area contributed by atoms with E-state index in [4.69, 9.17) is 10.8 Å². The summed E-state index contributed by atoms with van der Waals surface area (Å²) >= 11 is 0. The number of urea groups is 1. The van der Waals surface area contributed by atoms with Crippen LogP contribution < -0.4 is 11.1 Å². The number of rotatable bonds is 3. The van der Waals surface area contributed by atoms with Crippen LogP contribution in [0.4, 0.5) is 10.5 Å². The quantitative estimate of drug-likeness (QED) is 0.787. The molecular formula is C14H12N2O3. The smallest absolute Gasteiger partial charge is 0.337 e. The number of anilines is 1. The minimum Gasteiger partial charge on any atom is -0.478 e. The Labute approximate surface area is 109 Å². The fourth-order valence-electron chi connectivity index (χ4n) is 1.85. The average molecular weight is 256 g/mol. The van der Waals surface area contributed by atoms with E-state index < -0.39 is 12.0 Å². The first-order valence-electron chi connectivity index (χ1n) is 5.58. The number of carboxylic acid groups (broad SMARTS) is 1. The highest BCUT2D eigenvalue weighted by atomic mass is 16.4. The number of carbonyl (C=O) groups excluding carboxylic acids is 1. The van der Waals surface area contributed by atoms with E-state index in [1.807, 2.05) is 30.3 Å². The maximum atomic E-state index is 11.2. The predicted octanol–water partition coefficient (Wildman–Crippen LogP) is 2.54. The monoisotopic (exact) mass is 256 g/mol. The lowest BCUT2D eigenvalue weighted by molar-refractivity contribution is 0.0698. The van der Waals surface area contributed by atoms with Crippen LogP contribution in [0, 0.1) is 0 Å². The summed E-state index contributed by atoms with van der Waals surface area (Å²) in [4.78, 5) is 22.2. The summed E-state index contributed by atoms with van der Waals surface area (Å²) in [5, 5.41) is 11.5. The van der Waals surface area contributed by atoms with E-state index in [-0.39, 0.29) is 11.3 Å². The molecule has 0 spiro atoms. The number of nitrogens with two attached hydrogens (primary N) is 1. The summed E-state index contributed by atoms with van der Waals surface area (Å²) in [6.45, 7) is 0. The fraction of sp³-hybridized carbons (Fsp3) is 0. The lowest BCUT2D eigenvalue weighted by Crippen LogP contribution is -2.21. The molecule has 19 heavy (non-hydrogen) atoms. The third-order valence-corrected chi connectivity index (χ3v) is 2.63. The van der Waals surface area contributed by atoms with Gasteiger partial charge in [0.15, 0.2) is 0 Å². The zero-order chi connectivity index (χ0) is 13.8. The Balaban J connectivity index is 2.63. The molecule has 2 rings (SSSR count). The molecule has 0 fully saturated rings. The van der Waals surface area contributed by atoms with Gasteiger partial charge in [-0.3, -0.25) is 0 Å². The van der Waals surface area contributed by atoms with E-state index in [1.165, 1.54) is 6.07 Å². The molecule has 0 aromatic heterocycles. The van der Waals surface area contributed by atoms with Crippen molar-refractivity contribution < 1.29 is 14.7 Å². The van der Waals surface area contributed by atoms with Crippen molar-refractivity contribution in [2.24, 2.45) is 5.73 Å². The molecule has 0 saturated carbocycles. The number of para-hydroxylation sites is 1. The van der Waals surface area contributed by atoms with E-state index in [0.717, 1.165) is 5.56 Å². The van der Waals surface area contributed by atoms with Crippen molar-refractivity contribution in [3.63, 3.8) is 0 Å². The van der Waals surface area contributed by atoms with Gasteiger partial charge >= 0.3 is 12.0 Å². The zero-order valence-electron chi connectivity index (χ0n) is 9.96. The van der Waals surface area contributed by atoms with E-state index in [0.29, 0.717) is 5.56 Å². The second kappa shape index (κ2) is 5.22. The lowest BCUT2D eigenvalue weighted by atomic mass is 10.00. The second-order valence-corrected chi connectivity index (χ2v) is 3.89. The number of carboxylic acids is 1. The molecule has 4 N–H and O–H groups in total. The van der Waals surface area contributed by atoms with E-state index in [1.54, 1.807) is 12.1 Å². The van der Waals surface area contributed by atoms with Gasteiger partial charge in [-0.1, -0.05) is 42.5 Å². The summed E-state index contributed by atoms with van der Waals surface area (Å²) < 4.78 is 0. The number of hydrogen-bond acceptors (Lipinski definition) is 2. The number of amides is 2. The van der Waals surface area contributed by atoms with Crippen LogP contribution in [0.3, 0.4) is 0 Å². The predicted molar refractivity (Wildman–Crippen MR) is 72.0 cm³/mol. The molecule has 0 radical (unpaired) electrons. The Morgan fingerprint density at radius 3 is 2.26 bits per heavy atom. The van der Waals surface area contributed by atoms with Gasteiger partial charge in [0, 0.05) is 5.56 Å². The molecule has 0 atom stereocenters. The summed E-state index contributed by atoms with van der Waals surface area (Å²) in [6, 6.07) is 13.1. The first-order chi connectivity index (χ1) is 9.09. The Kier molecular flexibility index (Phi) is 3.47. The minimum absolute atomic E-state index is 0.000142. The third-order valence-electron chi connectivity index (χ3n) is 2.63. The minimum atomic E-state index is -1.12. The van der Waals surface area contributed by atoms with Crippen LogP contribution >= 0.6 is 0 Å². The fourth-order valence-corrected chi connectivity index (χ4v) is 1.85. The number of hydrogen-bond donors (Lipinski definition) is 3. The van der Waals surface area contributed by atoms with Crippen LogP contribution in [-0.4, -0.2) is 17.1 Å². The number of primary amides is 1. The van der Waals surface area contributed by atoms with Crippen molar-refractivity contribution in [3.05, 3.63) is 54.1 Å². The topological polar surface area (TPSA) is 92.4 Å². The Bertz CT molecular complexity index is 624. The van der Waals surface area contributed by atoms with Gasteiger partial charge in [0.05, 0.1) is 11.3 Å². The van der Waals surface area contributed by atoms with Gasteiger partial charge in [0.2, 0.25) is 0 Å². The molecule has 0 aliphatic heterocycles. The number of aromatic carboxylic acids is 1. The molecular weight excluding hydrogens is 244 g/mol. The molecule has 0 unspecified atom stereocenters. The van der Waals surface area contributed by atoms with Crippen molar-refractivity contribution >= 4 is 17.7 Å². The Morgan fingerprint density at radius 2 is 1.68 bits per heavy atom. The van der Waals surface area contributed by atoms with Crippen molar-refractivity contribution in [2.45, 2.75) is 0 Å². The van der Waals surface area contributed by atoms with Gasteiger partial charge in [-0.05, 0) is 11.6 Å². The average Bonchev–Trinajstić information content (AvgIpc) is 2.39. The molecule has 96 valence electrons. The summed E-state index contributed by atoms with van der Waals surface area (Å²) in [5.74, 6) is -1.12. The molecule has 2 aromatic carbocycles. The number of nitrogens with one attached hydrogen (secondary N) is 1. The third kappa shape index (κ3) is 2.71. The standard InChI is InChI=1S/C14H12N2O3/c15-14(19)16-12-10(9-5-2-1-3-6-9)7-4-8-11(12)13(17)18/h1-8H,(H,17,18)(H3,15,16,19). The van der Waals surface area contributed by atoms with Gasteiger partial charge in [-0.15, -0.1) is 0 Å². The molecule has 0 bridgehead atoms. The van der Waals surface area contributed by atoms with Crippen LogP contribution in [0.5, 0.6) is 0 Å². The first-order valence-corrected chi connectivity index (χ1v) is 5.58. The number of benzene rings is 2. The Hall–Kier alpha value is -2.82. The highest BCUT2D eigenvalue weighted by Crippen LogP contribution is 2.31. The molecule has 0 heterocycles. The molecule has 0 saturated heterocycles. The lowest BCUT2D eigenvalue weighted by Gasteiger charge is -2.12. The zero-order valence-corrected chi connectivity index (χ0v) is 9.96. The first kappa shape index (κ1) is 12.6. The summed E-state index contributed by atoms with van der Waals surface area (Å²) in [5.41, 5.74) is 6.71. The van der Waals surface area contributed by atoms with Crippen molar-refractivity contribution in [2.75, 3.05) is 5.32 Å².